The van der Waals surface area contributed by atoms with Gasteiger partial charge in [-0.15, -0.1) is 0 Å². The first-order valence-corrected chi connectivity index (χ1v) is 6.38. The van der Waals surface area contributed by atoms with Crippen molar-refractivity contribution in [3.8, 4) is 0 Å². The smallest absolute Gasteiger partial charge is 0.407 e. The number of benzene rings is 1. The Bertz CT molecular complexity index is 413. The maximum atomic E-state index is 11.6. The van der Waals surface area contributed by atoms with E-state index in [2.05, 4.69) is 5.32 Å². The topological polar surface area (TPSA) is 38.3 Å². The predicted octanol–water partition coefficient (Wildman–Crippen LogP) is 3.80. The van der Waals surface area contributed by atoms with Crippen molar-refractivity contribution in [2.75, 3.05) is 0 Å². The van der Waals surface area contributed by atoms with Gasteiger partial charge >= 0.3 is 6.09 Å². The second-order valence-electron chi connectivity index (χ2n) is 5.34. The number of hydrogen-bond acceptors (Lipinski definition) is 2. The third-order valence-electron chi connectivity index (χ3n) is 2.25. The standard InChI is InChI=1S/C14H20ClNO2/c1-10(16-13(17)18-14(2,3)4)9-11-7-5-6-8-12(11)15/h5-8,10H,9H2,1-4H3,(H,16,17). The van der Waals surface area contributed by atoms with Crippen molar-refractivity contribution in [3.05, 3.63) is 34.9 Å². The summed E-state index contributed by atoms with van der Waals surface area (Å²) in [7, 11) is 0. The van der Waals surface area contributed by atoms with Crippen LogP contribution in [0.4, 0.5) is 4.79 Å². The molecule has 3 nitrogen and oxygen atoms in total. The molecule has 0 fully saturated rings. The lowest BCUT2D eigenvalue weighted by atomic mass is 10.1. The number of carbonyl (C=O) groups is 1. The molecule has 100 valence electrons. The summed E-state index contributed by atoms with van der Waals surface area (Å²) >= 11 is 6.07. The fraction of sp³-hybridized carbons (Fsp3) is 0.500. The molecule has 0 aromatic heterocycles. The van der Waals surface area contributed by atoms with Crippen molar-refractivity contribution in [3.63, 3.8) is 0 Å². The molecule has 0 saturated heterocycles. The van der Waals surface area contributed by atoms with Gasteiger partial charge in [0.25, 0.3) is 0 Å². The minimum atomic E-state index is -0.478. The van der Waals surface area contributed by atoms with Gasteiger partial charge in [0.2, 0.25) is 0 Å². The van der Waals surface area contributed by atoms with Gasteiger partial charge in [0.05, 0.1) is 0 Å². The third kappa shape index (κ3) is 5.41. The van der Waals surface area contributed by atoms with Gasteiger partial charge < -0.3 is 10.1 Å². The summed E-state index contributed by atoms with van der Waals surface area (Å²) in [6, 6.07) is 7.59. The second kappa shape index (κ2) is 6.10. The van der Waals surface area contributed by atoms with Gasteiger partial charge in [0.15, 0.2) is 0 Å². The molecule has 1 amide bonds. The molecule has 0 saturated carbocycles. The van der Waals surface area contributed by atoms with Crippen LogP contribution in [-0.2, 0) is 11.2 Å². The van der Waals surface area contributed by atoms with Crippen LogP contribution in [0.5, 0.6) is 0 Å². The number of nitrogens with one attached hydrogen (secondary N) is 1. The Hall–Kier alpha value is -1.22. The summed E-state index contributed by atoms with van der Waals surface area (Å²) in [4.78, 5) is 11.6. The minimum Gasteiger partial charge on any atom is -0.444 e. The molecule has 1 rings (SSSR count). The molecular formula is C14H20ClNO2. The summed E-state index contributed by atoms with van der Waals surface area (Å²) in [6.07, 6.45) is 0.279. The molecule has 0 aliphatic heterocycles. The van der Waals surface area contributed by atoms with E-state index in [0.717, 1.165) is 10.6 Å². The maximum absolute atomic E-state index is 11.6. The number of rotatable bonds is 3. The molecule has 0 bridgehead atoms. The van der Waals surface area contributed by atoms with Crippen molar-refractivity contribution < 1.29 is 9.53 Å². The van der Waals surface area contributed by atoms with Gasteiger partial charge in [-0.05, 0) is 45.7 Å². The Balaban J connectivity index is 2.50. The first-order chi connectivity index (χ1) is 8.28. The molecule has 1 N–H and O–H groups in total. The summed E-state index contributed by atoms with van der Waals surface area (Å²) in [5.41, 5.74) is 0.538. The summed E-state index contributed by atoms with van der Waals surface area (Å²) in [5.74, 6) is 0. The molecule has 1 aromatic rings. The molecule has 0 aliphatic carbocycles. The fourth-order valence-electron chi connectivity index (χ4n) is 1.55. The average Bonchev–Trinajstić information content (AvgIpc) is 2.18. The van der Waals surface area contributed by atoms with Gasteiger partial charge in [-0.3, -0.25) is 0 Å². The molecule has 0 spiro atoms. The number of amides is 1. The van der Waals surface area contributed by atoms with Crippen molar-refractivity contribution in [2.45, 2.75) is 45.8 Å². The van der Waals surface area contributed by atoms with E-state index in [1.54, 1.807) is 0 Å². The van der Waals surface area contributed by atoms with Crippen molar-refractivity contribution in [2.24, 2.45) is 0 Å². The average molecular weight is 270 g/mol. The molecular weight excluding hydrogens is 250 g/mol. The predicted molar refractivity (Wildman–Crippen MR) is 74.0 cm³/mol. The monoisotopic (exact) mass is 269 g/mol. The van der Waals surface area contributed by atoms with E-state index in [0.29, 0.717) is 6.42 Å². The quantitative estimate of drug-likeness (QED) is 0.906. The summed E-state index contributed by atoms with van der Waals surface area (Å²) in [6.45, 7) is 7.44. The van der Waals surface area contributed by atoms with Gasteiger partial charge in [-0.1, -0.05) is 29.8 Å². The number of alkyl carbamates (subject to hydrolysis) is 1. The van der Waals surface area contributed by atoms with E-state index in [9.17, 15) is 4.79 Å². The van der Waals surface area contributed by atoms with E-state index in [1.807, 2.05) is 52.0 Å². The molecule has 1 atom stereocenters. The van der Waals surface area contributed by atoms with E-state index in [-0.39, 0.29) is 6.04 Å². The lowest BCUT2D eigenvalue weighted by molar-refractivity contribution is 0.0508. The molecule has 0 radical (unpaired) electrons. The third-order valence-corrected chi connectivity index (χ3v) is 2.62. The van der Waals surface area contributed by atoms with Gasteiger partial charge in [-0.2, -0.15) is 0 Å². The Morgan fingerprint density at radius 3 is 2.56 bits per heavy atom. The van der Waals surface area contributed by atoms with Crippen molar-refractivity contribution in [1.29, 1.82) is 0 Å². The zero-order valence-corrected chi connectivity index (χ0v) is 12.0. The summed E-state index contributed by atoms with van der Waals surface area (Å²) in [5, 5.41) is 3.51. The van der Waals surface area contributed by atoms with Crippen LogP contribution in [0.3, 0.4) is 0 Å². The molecule has 18 heavy (non-hydrogen) atoms. The SMILES string of the molecule is CC(Cc1ccccc1Cl)NC(=O)OC(C)(C)C. The number of ether oxygens (including phenoxy) is 1. The van der Waals surface area contributed by atoms with Crippen LogP contribution in [0.1, 0.15) is 33.3 Å². The van der Waals surface area contributed by atoms with Crippen LogP contribution in [0.2, 0.25) is 5.02 Å². The first-order valence-electron chi connectivity index (χ1n) is 6.01. The van der Waals surface area contributed by atoms with Crippen LogP contribution in [0.25, 0.3) is 0 Å². The molecule has 4 heteroatoms. The highest BCUT2D eigenvalue weighted by molar-refractivity contribution is 6.31. The van der Waals surface area contributed by atoms with Crippen LogP contribution in [-0.4, -0.2) is 17.7 Å². The summed E-state index contributed by atoms with van der Waals surface area (Å²) < 4.78 is 5.19. The highest BCUT2D eigenvalue weighted by atomic mass is 35.5. The van der Waals surface area contributed by atoms with Crippen LogP contribution >= 0.6 is 11.6 Å². The fourth-order valence-corrected chi connectivity index (χ4v) is 1.77. The molecule has 1 unspecified atom stereocenters. The minimum absolute atomic E-state index is 0.0280. The van der Waals surface area contributed by atoms with Crippen LogP contribution in [0, 0.1) is 0 Å². The highest BCUT2D eigenvalue weighted by Crippen LogP contribution is 2.16. The van der Waals surface area contributed by atoms with Crippen LogP contribution in [0.15, 0.2) is 24.3 Å². The first kappa shape index (κ1) is 14.8. The molecule has 0 aliphatic rings. The van der Waals surface area contributed by atoms with Gasteiger partial charge in [0.1, 0.15) is 5.60 Å². The zero-order chi connectivity index (χ0) is 13.8. The Morgan fingerprint density at radius 1 is 1.39 bits per heavy atom. The lowest BCUT2D eigenvalue weighted by Crippen LogP contribution is -2.38. The Morgan fingerprint density at radius 2 is 2.00 bits per heavy atom. The van der Waals surface area contributed by atoms with E-state index < -0.39 is 11.7 Å². The zero-order valence-electron chi connectivity index (χ0n) is 11.3. The van der Waals surface area contributed by atoms with Crippen LogP contribution < -0.4 is 5.32 Å². The van der Waals surface area contributed by atoms with Gasteiger partial charge in [0, 0.05) is 11.1 Å². The normalized spacial score (nSPS) is 12.9. The lowest BCUT2D eigenvalue weighted by Gasteiger charge is -2.22. The Kier molecular flexibility index (Phi) is 5.03. The van der Waals surface area contributed by atoms with E-state index >= 15 is 0 Å². The number of halogens is 1. The Labute approximate surface area is 113 Å². The van der Waals surface area contributed by atoms with Crippen molar-refractivity contribution >= 4 is 17.7 Å². The largest absolute Gasteiger partial charge is 0.444 e. The van der Waals surface area contributed by atoms with E-state index in [4.69, 9.17) is 16.3 Å². The molecule has 0 heterocycles. The number of carbonyl (C=O) groups excluding carboxylic acids is 1. The van der Waals surface area contributed by atoms with Crippen molar-refractivity contribution in [1.82, 2.24) is 5.32 Å². The highest BCUT2D eigenvalue weighted by Gasteiger charge is 2.18. The van der Waals surface area contributed by atoms with E-state index in [1.165, 1.54) is 0 Å². The van der Waals surface area contributed by atoms with Gasteiger partial charge in [-0.25, -0.2) is 4.79 Å². The maximum Gasteiger partial charge on any atom is 0.407 e. The second-order valence-corrected chi connectivity index (χ2v) is 5.75. The number of hydrogen-bond donors (Lipinski definition) is 1. The molecule has 1 aromatic carbocycles.